The van der Waals surface area contributed by atoms with Crippen molar-refractivity contribution in [1.29, 1.82) is 0 Å². The molecule has 4 fully saturated rings. The minimum absolute atomic E-state index is 0.00184. The first kappa shape index (κ1) is 29.3. The fourth-order valence-electron chi connectivity index (χ4n) is 9.63. The Morgan fingerprint density at radius 3 is 2.38 bits per heavy atom. The van der Waals surface area contributed by atoms with Crippen LogP contribution in [0, 0.1) is 28.6 Å². The maximum atomic E-state index is 12.6. The molecule has 7 nitrogen and oxygen atoms in total. The number of carbonyl (C=O) groups excluding carboxylic acids is 2. The van der Waals surface area contributed by atoms with E-state index < -0.39 is 5.60 Å². The first-order chi connectivity index (χ1) is 19.1. The molecule has 0 aliphatic heterocycles. The lowest BCUT2D eigenvalue weighted by molar-refractivity contribution is -0.207. The molecule has 1 aromatic rings. The normalized spacial score (nSPS) is 38.5. The van der Waals surface area contributed by atoms with Crippen LogP contribution < -0.4 is 5.63 Å². The molecule has 8 atom stereocenters. The summed E-state index contributed by atoms with van der Waals surface area (Å²) in [5.41, 5.74) is -0.0420. The monoisotopic (exact) mass is 556 g/mol. The maximum absolute atomic E-state index is 12.6. The smallest absolute Gasteiger partial charge is 0.335 e. The van der Waals surface area contributed by atoms with Gasteiger partial charge in [0.05, 0.1) is 19.0 Å². The largest absolute Gasteiger partial charge is 0.469 e. The highest BCUT2D eigenvalue weighted by molar-refractivity contribution is 5.69. The minimum atomic E-state index is -0.704. The van der Waals surface area contributed by atoms with E-state index in [9.17, 15) is 19.5 Å². The van der Waals surface area contributed by atoms with Gasteiger partial charge in [0, 0.05) is 24.3 Å². The van der Waals surface area contributed by atoms with E-state index in [0.717, 1.165) is 89.0 Å². The third-order valence-electron chi connectivity index (χ3n) is 12.0. The van der Waals surface area contributed by atoms with E-state index >= 15 is 0 Å². The molecular formula is C33H48O7. The average molecular weight is 557 g/mol. The topological polar surface area (TPSA) is 103 Å². The summed E-state index contributed by atoms with van der Waals surface area (Å²) in [6, 6.07) is 3.40. The molecule has 0 amide bonds. The predicted octanol–water partition coefficient (Wildman–Crippen LogP) is 6.31. The molecule has 4 aliphatic rings. The van der Waals surface area contributed by atoms with Gasteiger partial charge in [-0.3, -0.25) is 9.59 Å². The number of rotatable bonds is 9. The van der Waals surface area contributed by atoms with Crippen LogP contribution in [0.3, 0.4) is 0 Å². The lowest BCUT2D eigenvalue weighted by Gasteiger charge is -2.63. The zero-order valence-electron chi connectivity index (χ0n) is 24.6. The number of aliphatic hydroxyl groups is 1. The summed E-state index contributed by atoms with van der Waals surface area (Å²) in [6.07, 6.45) is 14.7. The summed E-state index contributed by atoms with van der Waals surface area (Å²) >= 11 is 0. The Morgan fingerprint density at radius 1 is 0.925 bits per heavy atom. The average Bonchev–Trinajstić information content (AvgIpc) is 3.22. The molecule has 4 saturated carbocycles. The Hall–Kier alpha value is -2.15. The van der Waals surface area contributed by atoms with Gasteiger partial charge in [-0.25, -0.2) is 4.79 Å². The summed E-state index contributed by atoms with van der Waals surface area (Å²) in [5.74, 6) is 1.23. The zero-order chi connectivity index (χ0) is 28.5. The van der Waals surface area contributed by atoms with Gasteiger partial charge in [0.2, 0.25) is 0 Å². The summed E-state index contributed by atoms with van der Waals surface area (Å²) in [7, 11) is 1.41. The molecular weight excluding hydrogens is 508 g/mol. The van der Waals surface area contributed by atoms with Crippen molar-refractivity contribution in [2.24, 2.45) is 28.6 Å². The minimum Gasteiger partial charge on any atom is -0.469 e. The summed E-state index contributed by atoms with van der Waals surface area (Å²) < 4.78 is 15.9. The van der Waals surface area contributed by atoms with Crippen molar-refractivity contribution < 1.29 is 28.6 Å². The number of ether oxygens (including phenoxy) is 2. The highest BCUT2D eigenvalue weighted by atomic mass is 16.5. The van der Waals surface area contributed by atoms with Crippen LogP contribution in [-0.2, 0) is 19.1 Å². The number of esters is 2. The van der Waals surface area contributed by atoms with Crippen molar-refractivity contribution in [1.82, 2.24) is 0 Å². The molecule has 1 heterocycles. The van der Waals surface area contributed by atoms with Crippen molar-refractivity contribution in [3.63, 3.8) is 0 Å². The zero-order valence-corrected chi connectivity index (χ0v) is 24.6. The van der Waals surface area contributed by atoms with Gasteiger partial charge in [0.25, 0.3) is 0 Å². The van der Waals surface area contributed by atoms with Crippen LogP contribution in [0.2, 0.25) is 0 Å². The van der Waals surface area contributed by atoms with Crippen LogP contribution in [0.5, 0.6) is 0 Å². The molecule has 0 bridgehead atoms. The molecule has 40 heavy (non-hydrogen) atoms. The van der Waals surface area contributed by atoms with Gasteiger partial charge in [-0.1, -0.05) is 26.7 Å². The number of unbranched alkanes of at least 4 members (excludes halogenated alkanes) is 3. The lowest BCUT2D eigenvalue weighted by atomic mass is 9.43. The van der Waals surface area contributed by atoms with Crippen molar-refractivity contribution in [3.05, 3.63) is 34.4 Å². The molecule has 5 rings (SSSR count). The first-order valence-electron chi connectivity index (χ1n) is 15.7. The number of methoxy groups -OCH3 is 1. The quantitative estimate of drug-likeness (QED) is 0.281. The van der Waals surface area contributed by atoms with E-state index in [2.05, 4.69) is 18.6 Å². The third kappa shape index (κ3) is 5.28. The Kier molecular flexibility index (Phi) is 8.52. The fourth-order valence-corrected chi connectivity index (χ4v) is 9.63. The molecule has 0 aromatic carbocycles. The van der Waals surface area contributed by atoms with Crippen LogP contribution in [0.15, 0.2) is 27.6 Å². The van der Waals surface area contributed by atoms with E-state index in [-0.39, 0.29) is 46.3 Å². The van der Waals surface area contributed by atoms with Crippen LogP contribution in [0.1, 0.15) is 122 Å². The Morgan fingerprint density at radius 2 is 1.68 bits per heavy atom. The second-order valence-corrected chi connectivity index (χ2v) is 13.7. The molecule has 1 aromatic heterocycles. The molecule has 0 radical (unpaired) electrons. The number of carbonyl (C=O) groups is 2. The Bertz CT molecular complexity index is 1110. The van der Waals surface area contributed by atoms with Gasteiger partial charge in [-0.2, -0.15) is 0 Å². The lowest BCUT2D eigenvalue weighted by Crippen LogP contribution is -2.62. The van der Waals surface area contributed by atoms with Gasteiger partial charge in [0.1, 0.15) is 6.10 Å². The number of fused-ring (bicyclic) bond motifs is 5. The Labute approximate surface area is 238 Å². The van der Waals surface area contributed by atoms with E-state index in [1.807, 2.05) is 6.07 Å². The van der Waals surface area contributed by atoms with Crippen molar-refractivity contribution in [3.8, 4) is 0 Å². The molecule has 4 aliphatic carbocycles. The SMILES string of the molecule is COC(=O)CCCCCCC(=O)O[C@H]1CC[C@@]2(C)[C@H](CC[C@@H]3[C@@H]2CC[C@]2(C)[C@@H](c4ccc(=O)oc4)CC[C@]32O)C1. The van der Waals surface area contributed by atoms with Gasteiger partial charge in [-0.05, 0) is 111 Å². The molecule has 1 N–H and O–H groups in total. The van der Waals surface area contributed by atoms with Crippen LogP contribution in [-0.4, -0.2) is 35.9 Å². The molecule has 7 heteroatoms. The standard InChI is InChI=1S/C33H48O7/c1-31-17-14-24(40-30(36)9-7-5-4-6-8-28(34)38-3)20-23(31)11-12-27-26(31)15-18-32(2)25(16-19-33(27,32)37)22-10-13-29(35)39-21-22/h10,13,21,23-27,37H,4-9,11-12,14-20H2,1-3H3/t23-,24+,25-,26+,27-,31+,32-,33+/m1/s1. The first-order valence-corrected chi connectivity index (χ1v) is 15.7. The van der Waals surface area contributed by atoms with E-state index in [0.29, 0.717) is 24.7 Å². The molecule has 0 saturated heterocycles. The van der Waals surface area contributed by atoms with Crippen LogP contribution in [0.25, 0.3) is 0 Å². The summed E-state index contributed by atoms with van der Waals surface area (Å²) in [5, 5.41) is 12.4. The van der Waals surface area contributed by atoms with Gasteiger partial charge < -0.3 is 19.0 Å². The van der Waals surface area contributed by atoms with Crippen molar-refractivity contribution in [2.75, 3.05) is 7.11 Å². The molecule has 0 spiro atoms. The van der Waals surface area contributed by atoms with Crippen molar-refractivity contribution in [2.45, 2.75) is 128 Å². The maximum Gasteiger partial charge on any atom is 0.335 e. The Balaban J connectivity index is 1.16. The number of hydrogen-bond donors (Lipinski definition) is 1. The molecule has 0 unspecified atom stereocenters. The third-order valence-corrected chi connectivity index (χ3v) is 12.0. The van der Waals surface area contributed by atoms with Crippen molar-refractivity contribution >= 4 is 11.9 Å². The highest BCUT2D eigenvalue weighted by Gasteiger charge is 2.67. The van der Waals surface area contributed by atoms with E-state index in [1.54, 1.807) is 6.26 Å². The van der Waals surface area contributed by atoms with Crippen LogP contribution in [0.4, 0.5) is 0 Å². The van der Waals surface area contributed by atoms with E-state index in [4.69, 9.17) is 9.15 Å². The summed E-state index contributed by atoms with van der Waals surface area (Å²) in [6.45, 7) is 4.72. The van der Waals surface area contributed by atoms with Gasteiger partial charge in [0.15, 0.2) is 0 Å². The number of hydrogen-bond acceptors (Lipinski definition) is 7. The van der Waals surface area contributed by atoms with Gasteiger partial charge >= 0.3 is 17.6 Å². The molecule has 222 valence electrons. The predicted molar refractivity (Wildman–Crippen MR) is 151 cm³/mol. The van der Waals surface area contributed by atoms with E-state index in [1.165, 1.54) is 13.2 Å². The summed E-state index contributed by atoms with van der Waals surface area (Å²) in [4.78, 5) is 35.3. The van der Waals surface area contributed by atoms with Crippen LogP contribution >= 0.6 is 0 Å². The van der Waals surface area contributed by atoms with Gasteiger partial charge in [-0.15, -0.1) is 0 Å². The highest BCUT2D eigenvalue weighted by Crippen LogP contribution is 2.70. The fraction of sp³-hybridized carbons (Fsp3) is 0.788. The second-order valence-electron chi connectivity index (χ2n) is 13.7. The second kappa shape index (κ2) is 11.6.